The van der Waals surface area contributed by atoms with E-state index in [1.165, 1.54) is 12.1 Å². The average Bonchev–Trinajstić information content (AvgIpc) is 3.52. The van der Waals surface area contributed by atoms with Crippen molar-refractivity contribution < 1.29 is 4.39 Å². The number of aryl methyl sites for hydroxylation is 1. The molecule has 31 heavy (non-hydrogen) atoms. The van der Waals surface area contributed by atoms with Gasteiger partial charge in [-0.3, -0.25) is 10.2 Å². The van der Waals surface area contributed by atoms with E-state index in [1.54, 1.807) is 18.5 Å². The number of halogens is 1. The molecule has 0 atom stereocenters. The van der Waals surface area contributed by atoms with Gasteiger partial charge in [0.15, 0.2) is 11.5 Å². The van der Waals surface area contributed by atoms with Crippen molar-refractivity contribution in [1.29, 1.82) is 0 Å². The Kier molecular flexibility index (Phi) is 3.73. The van der Waals surface area contributed by atoms with Gasteiger partial charge in [0.05, 0.1) is 22.6 Å². The highest BCUT2D eigenvalue weighted by Gasteiger charge is 2.17. The van der Waals surface area contributed by atoms with Crippen LogP contribution in [-0.4, -0.2) is 35.3 Å². The maximum atomic E-state index is 13.8. The Balaban J connectivity index is 1.55. The average molecular weight is 409 g/mol. The number of hydrogen-bond donors (Lipinski definition) is 3. The molecule has 0 aliphatic rings. The summed E-state index contributed by atoms with van der Waals surface area (Å²) in [4.78, 5) is 12.7. The van der Waals surface area contributed by atoms with E-state index in [9.17, 15) is 4.39 Å². The first-order valence-corrected chi connectivity index (χ1v) is 9.76. The molecule has 4 aromatic heterocycles. The summed E-state index contributed by atoms with van der Waals surface area (Å²) in [6.07, 6.45) is 5.33. The Morgan fingerprint density at radius 1 is 0.968 bits per heavy atom. The number of benzene rings is 2. The highest BCUT2D eigenvalue weighted by molar-refractivity contribution is 5.98. The van der Waals surface area contributed by atoms with Gasteiger partial charge in [-0.05, 0) is 36.2 Å². The molecular formula is C23H16FN7. The van der Waals surface area contributed by atoms with Gasteiger partial charge >= 0.3 is 0 Å². The molecule has 0 unspecified atom stereocenters. The van der Waals surface area contributed by atoms with E-state index in [2.05, 4.69) is 30.4 Å². The number of nitrogens with zero attached hydrogens (tertiary/aromatic N) is 4. The van der Waals surface area contributed by atoms with Gasteiger partial charge in [-0.25, -0.2) is 14.4 Å². The van der Waals surface area contributed by atoms with Gasteiger partial charge in [-0.2, -0.15) is 10.2 Å². The van der Waals surface area contributed by atoms with Crippen LogP contribution < -0.4 is 0 Å². The van der Waals surface area contributed by atoms with Gasteiger partial charge in [-0.15, -0.1) is 0 Å². The van der Waals surface area contributed by atoms with Gasteiger partial charge in [-0.1, -0.05) is 24.3 Å². The fourth-order valence-electron chi connectivity index (χ4n) is 3.89. The lowest BCUT2D eigenvalue weighted by atomic mass is 10.0. The molecule has 0 aliphatic heterocycles. The molecule has 0 spiro atoms. The van der Waals surface area contributed by atoms with Crippen molar-refractivity contribution >= 4 is 22.1 Å². The van der Waals surface area contributed by atoms with Gasteiger partial charge in [0.1, 0.15) is 11.5 Å². The lowest BCUT2D eigenvalue weighted by Gasteiger charge is -2.05. The minimum atomic E-state index is -0.275. The predicted octanol–water partition coefficient (Wildman–Crippen LogP) is 5.01. The molecule has 0 radical (unpaired) electrons. The van der Waals surface area contributed by atoms with Crippen molar-refractivity contribution in [3.05, 3.63) is 72.4 Å². The molecule has 0 aliphatic carbocycles. The summed E-state index contributed by atoms with van der Waals surface area (Å²) in [5, 5.41) is 15.1. The molecule has 0 saturated heterocycles. The topological polar surface area (TPSA) is 98.9 Å². The molecule has 4 heterocycles. The van der Waals surface area contributed by atoms with E-state index in [0.717, 1.165) is 49.9 Å². The van der Waals surface area contributed by atoms with Crippen molar-refractivity contribution in [3.8, 4) is 33.8 Å². The maximum Gasteiger partial charge on any atom is 0.181 e. The van der Waals surface area contributed by atoms with E-state index >= 15 is 0 Å². The third kappa shape index (κ3) is 2.80. The number of aromatic amines is 3. The van der Waals surface area contributed by atoms with Crippen LogP contribution in [0.4, 0.5) is 4.39 Å². The molecule has 6 rings (SSSR count). The van der Waals surface area contributed by atoms with Crippen LogP contribution in [0.25, 0.3) is 55.8 Å². The van der Waals surface area contributed by atoms with Gasteiger partial charge in [0, 0.05) is 29.1 Å². The van der Waals surface area contributed by atoms with E-state index in [4.69, 9.17) is 4.98 Å². The lowest BCUT2D eigenvalue weighted by Crippen LogP contribution is -1.85. The molecule has 2 aromatic carbocycles. The first kappa shape index (κ1) is 17.5. The third-order valence-electron chi connectivity index (χ3n) is 5.46. The summed E-state index contributed by atoms with van der Waals surface area (Å²) >= 11 is 0. The monoisotopic (exact) mass is 409 g/mol. The highest BCUT2D eigenvalue weighted by atomic mass is 19.1. The fraction of sp³-hybridized carbons (Fsp3) is 0.0435. The zero-order chi connectivity index (χ0) is 20.9. The van der Waals surface area contributed by atoms with Crippen molar-refractivity contribution in [1.82, 2.24) is 35.3 Å². The molecule has 6 aromatic rings. The second kappa shape index (κ2) is 6.60. The Hall–Kier alpha value is -4.33. The predicted molar refractivity (Wildman–Crippen MR) is 117 cm³/mol. The molecule has 0 fully saturated rings. The second-order valence-electron chi connectivity index (χ2n) is 7.43. The van der Waals surface area contributed by atoms with Crippen LogP contribution in [0.15, 0.2) is 61.1 Å². The van der Waals surface area contributed by atoms with Crippen LogP contribution in [0.2, 0.25) is 0 Å². The fourth-order valence-corrected chi connectivity index (χ4v) is 3.89. The summed E-state index contributed by atoms with van der Waals surface area (Å²) in [6, 6.07) is 12.6. The Morgan fingerprint density at radius 3 is 2.74 bits per heavy atom. The normalized spacial score (nSPS) is 11.5. The van der Waals surface area contributed by atoms with Crippen molar-refractivity contribution in [2.45, 2.75) is 6.92 Å². The summed E-state index contributed by atoms with van der Waals surface area (Å²) in [5.74, 6) is 0.374. The van der Waals surface area contributed by atoms with E-state index < -0.39 is 0 Å². The van der Waals surface area contributed by atoms with Gasteiger partial charge in [0.2, 0.25) is 0 Å². The summed E-state index contributed by atoms with van der Waals surface area (Å²) in [6.45, 7) is 2.01. The number of rotatable bonds is 3. The minimum absolute atomic E-state index is 0.275. The van der Waals surface area contributed by atoms with E-state index in [1.807, 2.05) is 37.4 Å². The lowest BCUT2D eigenvalue weighted by molar-refractivity contribution is 0.628. The molecule has 7 nitrogen and oxygen atoms in total. The zero-order valence-electron chi connectivity index (χ0n) is 16.4. The second-order valence-corrected chi connectivity index (χ2v) is 7.43. The van der Waals surface area contributed by atoms with Crippen LogP contribution in [0, 0.1) is 12.7 Å². The molecule has 8 heteroatoms. The number of imidazole rings is 1. The molecule has 0 bridgehead atoms. The largest absolute Gasteiger partial charge is 0.336 e. The van der Waals surface area contributed by atoms with Crippen LogP contribution >= 0.6 is 0 Å². The third-order valence-corrected chi connectivity index (χ3v) is 5.46. The van der Waals surface area contributed by atoms with Crippen LogP contribution in [0.1, 0.15) is 5.56 Å². The van der Waals surface area contributed by atoms with Crippen LogP contribution in [-0.2, 0) is 0 Å². The van der Waals surface area contributed by atoms with E-state index in [-0.39, 0.29) is 5.82 Å². The molecule has 0 saturated carbocycles. The summed E-state index contributed by atoms with van der Waals surface area (Å²) in [5.41, 5.74) is 7.60. The first-order chi connectivity index (χ1) is 15.2. The van der Waals surface area contributed by atoms with Gasteiger partial charge in [0.25, 0.3) is 0 Å². The highest BCUT2D eigenvalue weighted by Crippen LogP contribution is 2.33. The van der Waals surface area contributed by atoms with Crippen molar-refractivity contribution in [2.75, 3.05) is 0 Å². The quantitative estimate of drug-likeness (QED) is 0.383. The number of nitrogens with one attached hydrogen (secondary N) is 3. The zero-order valence-corrected chi connectivity index (χ0v) is 16.4. The van der Waals surface area contributed by atoms with Crippen LogP contribution in [0.3, 0.4) is 0 Å². The number of fused-ring (bicyclic) bond motifs is 2. The first-order valence-electron chi connectivity index (χ1n) is 9.76. The number of pyridine rings is 1. The SMILES string of the molecule is Cc1ccc(-c2cccc(F)c2)c2[nH]c(-c3[nH]nc4ncc(-c5cn[nH]c5)cc34)nc12. The number of aromatic nitrogens is 7. The summed E-state index contributed by atoms with van der Waals surface area (Å²) in [7, 11) is 0. The van der Waals surface area contributed by atoms with Crippen molar-refractivity contribution in [2.24, 2.45) is 0 Å². The van der Waals surface area contributed by atoms with Gasteiger partial charge < -0.3 is 4.98 Å². The Morgan fingerprint density at radius 2 is 1.90 bits per heavy atom. The molecular weight excluding hydrogens is 393 g/mol. The number of hydrogen-bond acceptors (Lipinski definition) is 4. The molecule has 3 N–H and O–H groups in total. The molecule has 150 valence electrons. The molecule has 0 amide bonds. The smallest absolute Gasteiger partial charge is 0.181 e. The minimum Gasteiger partial charge on any atom is -0.336 e. The Labute approximate surface area is 175 Å². The van der Waals surface area contributed by atoms with Crippen LogP contribution in [0.5, 0.6) is 0 Å². The summed E-state index contributed by atoms with van der Waals surface area (Å²) < 4.78 is 13.8. The number of H-pyrrole nitrogens is 3. The Bertz CT molecular complexity index is 1560. The standard InChI is InChI=1S/C23H16FN7/c1-12-5-6-17(13-3-2-4-16(24)7-13)20-19(12)28-23(29-20)21-18-8-14(15-10-26-27-11-15)9-25-22(18)31-30-21/h2-11H,1H3,(H,26,27)(H,28,29)(H,25,30,31). The van der Waals surface area contributed by atoms with Crippen molar-refractivity contribution in [3.63, 3.8) is 0 Å². The van der Waals surface area contributed by atoms with E-state index in [0.29, 0.717) is 11.5 Å². The maximum absolute atomic E-state index is 13.8.